The third-order valence-corrected chi connectivity index (χ3v) is 4.42. The predicted octanol–water partition coefficient (Wildman–Crippen LogP) is 3.27. The van der Waals surface area contributed by atoms with Gasteiger partial charge in [-0.3, -0.25) is 9.78 Å². The molecule has 0 radical (unpaired) electrons. The fourth-order valence-corrected chi connectivity index (χ4v) is 3.10. The summed E-state index contributed by atoms with van der Waals surface area (Å²) in [4.78, 5) is 27.8. The largest absolute Gasteiger partial charge is 0.341 e. The molecule has 1 amide bonds. The van der Waals surface area contributed by atoms with Gasteiger partial charge in [-0.25, -0.2) is 9.97 Å². The number of carbonyl (C=O) groups excluding carboxylic acids is 1. The van der Waals surface area contributed by atoms with Crippen molar-refractivity contribution in [1.82, 2.24) is 15.0 Å². The summed E-state index contributed by atoms with van der Waals surface area (Å²) in [7, 11) is 0. The number of anilines is 2. The number of nitrogens with zero attached hydrogens (tertiary/aromatic N) is 4. The fraction of sp³-hybridized carbons (Fsp3) is 0.263. The summed E-state index contributed by atoms with van der Waals surface area (Å²) in [6.45, 7) is 1.96. The number of amides is 1. The topological polar surface area (TPSA) is 71.0 Å². The number of piperidine rings is 1. The number of nitrogens with one attached hydrogen (secondary N) is 1. The Bertz CT molecular complexity index is 882. The number of pyridine rings is 1. The molecule has 0 aliphatic carbocycles. The van der Waals surface area contributed by atoms with E-state index in [1.54, 1.807) is 18.6 Å². The number of hydrogen-bond acceptors (Lipinski definition) is 5. The summed E-state index contributed by atoms with van der Waals surface area (Å²) >= 11 is 0. The molecule has 4 rings (SSSR count). The van der Waals surface area contributed by atoms with Crippen molar-refractivity contribution in [3.63, 3.8) is 0 Å². The van der Waals surface area contributed by atoms with Crippen molar-refractivity contribution in [3.8, 4) is 0 Å². The van der Waals surface area contributed by atoms with Crippen molar-refractivity contribution in [2.75, 3.05) is 23.3 Å². The fourth-order valence-electron chi connectivity index (χ4n) is 3.10. The molecule has 0 spiro atoms. The molecule has 2 aromatic heterocycles. The molecule has 0 saturated carbocycles. The Morgan fingerprint density at radius 3 is 2.52 bits per heavy atom. The highest BCUT2D eigenvalue weighted by Gasteiger charge is 2.15. The third kappa shape index (κ3) is 3.28. The Morgan fingerprint density at radius 2 is 1.72 bits per heavy atom. The molecule has 6 heteroatoms. The maximum absolute atomic E-state index is 12.5. The summed E-state index contributed by atoms with van der Waals surface area (Å²) in [5, 5.41) is 3.89. The normalized spacial score (nSPS) is 14.5. The second-order valence-electron chi connectivity index (χ2n) is 6.15. The molecule has 1 saturated heterocycles. The van der Waals surface area contributed by atoms with E-state index in [0.717, 1.165) is 24.0 Å². The molecule has 3 heterocycles. The van der Waals surface area contributed by atoms with Crippen LogP contribution in [0.3, 0.4) is 0 Å². The first-order valence-corrected chi connectivity index (χ1v) is 8.53. The van der Waals surface area contributed by atoms with Gasteiger partial charge in [0, 0.05) is 37.1 Å². The maximum Gasteiger partial charge on any atom is 0.258 e. The number of rotatable bonds is 3. The van der Waals surface area contributed by atoms with Crippen molar-refractivity contribution in [2.24, 2.45) is 0 Å². The van der Waals surface area contributed by atoms with E-state index in [2.05, 4.69) is 25.2 Å². The lowest BCUT2D eigenvalue weighted by atomic mass is 10.1. The summed E-state index contributed by atoms with van der Waals surface area (Å²) in [5.41, 5.74) is 1.89. The molecule has 0 atom stereocenters. The Hall–Kier alpha value is -3.02. The van der Waals surface area contributed by atoms with Crippen LogP contribution in [0.4, 0.5) is 11.6 Å². The van der Waals surface area contributed by atoms with Gasteiger partial charge >= 0.3 is 0 Å². The van der Waals surface area contributed by atoms with Gasteiger partial charge in [-0.05, 0) is 31.4 Å². The first kappa shape index (κ1) is 15.5. The van der Waals surface area contributed by atoms with Crippen molar-refractivity contribution >= 4 is 28.4 Å². The number of hydrogen-bond donors (Lipinski definition) is 1. The molecule has 126 valence electrons. The summed E-state index contributed by atoms with van der Waals surface area (Å²) in [6, 6.07) is 9.55. The van der Waals surface area contributed by atoms with E-state index in [4.69, 9.17) is 0 Å². The van der Waals surface area contributed by atoms with Crippen LogP contribution in [0.5, 0.6) is 0 Å². The molecular weight excluding hydrogens is 314 g/mol. The van der Waals surface area contributed by atoms with Crippen LogP contribution in [-0.4, -0.2) is 33.9 Å². The van der Waals surface area contributed by atoms with Crippen molar-refractivity contribution in [3.05, 3.63) is 54.5 Å². The molecule has 3 aromatic rings. The summed E-state index contributed by atoms with van der Waals surface area (Å²) < 4.78 is 0. The molecule has 1 fully saturated rings. The van der Waals surface area contributed by atoms with Crippen LogP contribution in [0.15, 0.2) is 48.9 Å². The standard InChI is InChI=1S/C19H19N5O/c25-18(23-16-8-4-6-14-7-5-9-20-17(14)16)15-12-21-19(22-13-15)24-10-2-1-3-11-24/h4-9,12-13H,1-3,10-11H2,(H,23,25). The minimum absolute atomic E-state index is 0.233. The van der Waals surface area contributed by atoms with Gasteiger partial charge in [-0.2, -0.15) is 0 Å². The van der Waals surface area contributed by atoms with E-state index in [0.29, 0.717) is 17.2 Å². The zero-order valence-electron chi connectivity index (χ0n) is 13.9. The minimum atomic E-state index is -0.233. The van der Waals surface area contributed by atoms with E-state index in [-0.39, 0.29) is 5.91 Å². The van der Waals surface area contributed by atoms with Crippen LogP contribution in [0.25, 0.3) is 10.9 Å². The van der Waals surface area contributed by atoms with Crippen LogP contribution in [0.1, 0.15) is 29.6 Å². The smallest absolute Gasteiger partial charge is 0.258 e. The van der Waals surface area contributed by atoms with Crippen LogP contribution >= 0.6 is 0 Å². The monoisotopic (exact) mass is 333 g/mol. The first-order chi connectivity index (χ1) is 12.3. The SMILES string of the molecule is O=C(Nc1cccc2cccnc12)c1cnc(N2CCCCC2)nc1. The molecule has 1 N–H and O–H groups in total. The molecule has 1 aromatic carbocycles. The molecule has 1 aliphatic rings. The molecule has 0 bridgehead atoms. The first-order valence-electron chi connectivity index (χ1n) is 8.53. The van der Waals surface area contributed by atoms with E-state index >= 15 is 0 Å². The zero-order chi connectivity index (χ0) is 17.1. The van der Waals surface area contributed by atoms with Crippen LogP contribution in [-0.2, 0) is 0 Å². The van der Waals surface area contributed by atoms with Crippen molar-refractivity contribution in [2.45, 2.75) is 19.3 Å². The highest BCUT2D eigenvalue weighted by molar-refractivity contribution is 6.08. The summed E-state index contributed by atoms with van der Waals surface area (Å²) in [6.07, 6.45) is 8.49. The van der Waals surface area contributed by atoms with Crippen LogP contribution in [0, 0.1) is 0 Å². The van der Waals surface area contributed by atoms with E-state index in [1.165, 1.54) is 19.3 Å². The van der Waals surface area contributed by atoms with Gasteiger partial charge in [0.2, 0.25) is 5.95 Å². The average molecular weight is 333 g/mol. The second-order valence-corrected chi connectivity index (χ2v) is 6.15. The number of fused-ring (bicyclic) bond motifs is 1. The van der Waals surface area contributed by atoms with Gasteiger partial charge in [-0.1, -0.05) is 18.2 Å². The molecule has 25 heavy (non-hydrogen) atoms. The van der Waals surface area contributed by atoms with Gasteiger partial charge in [0.1, 0.15) is 0 Å². The van der Waals surface area contributed by atoms with Crippen LogP contribution in [0.2, 0.25) is 0 Å². The van der Waals surface area contributed by atoms with Gasteiger partial charge < -0.3 is 10.2 Å². The molecule has 1 aliphatic heterocycles. The lowest BCUT2D eigenvalue weighted by molar-refractivity contribution is 0.102. The van der Waals surface area contributed by atoms with E-state index in [1.807, 2.05) is 30.3 Å². The van der Waals surface area contributed by atoms with E-state index < -0.39 is 0 Å². The highest BCUT2D eigenvalue weighted by atomic mass is 16.1. The lowest BCUT2D eigenvalue weighted by Crippen LogP contribution is -2.31. The molecule has 0 unspecified atom stereocenters. The average Bonchev–Trinajstić information content (AvgIpc) is 2.69. The van der Waals surface area contributed by atoms with E-state index in [9.17, 15) is 4.79 Å². The maximum atomic E-state index is 12.5. The van der Waals surface area contributed by atoms with Gasteiger partial charge in [0.15, 0.2) is 0 Å². The molecular formula is C19H19N5O. The Balaban J connectivity index is 1.52. The van der Waals surface area contributed by atoms with Crippen molar-refractivity contribution < 1.29 is 4.79 Å². The molecule has 6 nitrogen and oxygen atoms in total. The Morgan fingerprint density at radius 1 is 0.960 bits per heavy atom. The quantitative estimate of drug-likeness (QED) is 0.796. The lowest BCUT2D eigenvalue weighted by Gasteiger charge is -2.26. The third-order valence-electron chi connectivity index (χ3n) is 4.42. The highest BCUT2D eigenvalue weighted by Crippen LogP contribution is 2.21. The zero-order valence-corrected chi connectivity index (χ0v) is 13.9. The Labute approximate surface area is 145 Å². The minimum Gasteiger partial charge on any atom is -0.341 e. The van der Waals surface area contributed by atoms with Gasteiger partial charge in [-0.15, -0.1) is 0 Å². The Kier molecular flexibility index (Phi) is 4.24. The summed E-state index contributed by atoms with van der Waals surface area (Å²) in [5.74, 6) is 0.464. The number of para-hydroxylation sites is 1. The predicted molar refractivity (Wildman–Crippen MR) is 97.8 cm³/mol. The number of aromatic nitrogens is 3. The van der Waals surface area contributed by atoms with Gasteiger partial charge in [0.05, 0.1) is 16.8 Å². The number of benzene rings is 1. The number of carbonyl (C=O) groups is 1. The van der Waals surface area contributed by atoms with Gasteiger partial charge in [0.25, 0.3) is 5.91 Å². The second kappa shape index (κ2) is 6.84. The van der Waals surface area contributed by atoms with Crippen molar-refractivity contribution in [1.29, 1.82) is 0 Å². The van der Waals surface area contributed by atoms with Crippen LogP contribution < -0.4 is 10.2 Å².